The summed E-state index contributed by atoms with van der Waals surface area (Å²) in [6.07, 6.45) is 3.66. The fourth-order valence-electron chi connectivity index (χ4n) is 1.96. The van der Waals surface area contributed by atoms with Crippen molar-refractivity contribution in [1.82, 2.24) is 9.78 Å². The van der Waals surface area contributed by atoms with Crippen LogP contribution < -0.4 is 5.32 Å². The number of aliphatic carboxylic acids is 1. The molecule has 1 aromatic carbocycles. The van der Waals surface area contributed by atoms with Crippen LogP contribution >= 0.6 is 23.2 Å². The Bertz CT molecular complexity index is 716. The Balaban J connectivity index is 1.88. The van der Waals surface area contributed by atoms with Crippen LogP contribution in [-0.4, -0.2) is 26.8 Å². The van der Waals surface area contributed by atoms with Crippen molar-refractivity contribution in [2.24, 2.45) is 0 Å². The maximum absolute atomic E-state index is 11.7. The van der Waals surface area contributed by atoms with Crippen molar-refractivity contribution in [2.45, 2.75) is 25.8 Å². The molecule has 0 aliphatic rings. The number of aromatic nitrogens is 2. The van der Waals surface area contributed by atoms with E-state index in [1.165, 1.54) is 6.20 Å². The molecule has 0 saturated carbocycles. The summed E-state index contributed by atoms with van der Waals surface area (Å²) in [7, 11) is 0. The summed E-state index contributed by atoms with van der Waals surface area (Å²) in [5, 5.41) is 16.3. The Morgan fingerprint density at radius 1 is 1.22 bits per heavy atom. The standard InChI is InChI=1S/C15H15Cl2N3O3/c16-12-5-4-10(6-13(12)17)8-20-9-11(7-18-20)19-14(21)2-1-3-15(22)23/h4-7,9H,1-3,8H2,(H,19,21)(H,22,23). The molecule has 8 heteroatoms. The second kappa shape index (κ2) is 7.99. The number of hydrogen-bond acceptors (Lipinski definition) is 3. The van der Waals surface area contributed by atoms with Crippen LogP contribution in [0.1, 0.15) is 24.8 Å². The van der Waals surface area contributed by atoms with Gasteiger partial charge in [-0.15, -0.1) is 0 Å². The first-order valence-corrected chi connectivity index (χ1v) is 7.67. The van der Waals surface area contributed by atoms with Gasteiger partial charge in [0.05, 0.1) is 28.5 Å². The first-order chi connectivity index (χ1) is 10.9. The zero-order valence-corrected chi connectivity index (χ0v) is 13.6. The molecular formula is C15H15Cl2N3O3. The van der Waals surface area contributed by atoms with E-state index in [0.717, 1.165) is 5.56 Å². The quantitative estimate of drug-likeness (QED) is 0.796. The highest BCUT2D eigenvalue weighted by atomic mass is 35.5. The van der Waals surface area contributed by atoms with Crippen LogP contribution in [-0.2, 0) is 16.1 Å². The van der Waals surface area contributed by atoms with Gasteiger partial charge in [-0.3, -0.25) is 14.3 Å². The maximum atomic E-state index is 11.7. The van der Waals surface area contributed by atoms with E-state index in [1.54, 1.807) is 23.0 Å². The molecule has 1 heterocycles. The lowest BCUT2D eigenvalue weighted by Gasteiger charge is -2.04. The van der Waals surface area contributed by atoms with Crippen LogP contribution in [0, 0.1) is 0 Å². The van der Waals surface area contributed by atoms with E-state index in [4.69, 9.17) is 28.3 Å². The van der Waals surface area contributed by atoms with E-state index in [0.29, 0.717) is 28.7 Å². The topological polar surface area (TPSA) is 84.2 Å². The SMILES string of the molecule is O=C(O)CCCC(=O)Nc1cnn(Cc2ccc(Cl)c(Cl)c2)c1. The summed E-state index contributed by atoms with van der Waals surface area (Å²) in [6, 6.07) is 5.32. The lowest BCUT2D eigenvalue weighted by Crippen LogP contribution is -2.11. The van der Waals surface area contributed by atoms with Crippen molar-refractivity contribution in [3.8, 4) is 0 Å². The number of carboxylic acid groups (broad SMARTS) is 1. The highest BCUT2D eigenvalue weighted by Crippen LogP contribution is 2.23. The summed E-state index contributed by atoms with van der Waals surface area (Å²) >= 11 is 11.8. The monoisotopic (exact) mass is 355 g/mol. The van der Waals surface area contributed by atoms with Crippen molar-refractivity contribution in [2.75, 3.05) is 5.32 Å². The molecule has 2 rings (SSSR count). The second-order valence-corrected chi connectivity index (χ2v) is 5.78. The number of carboxylic acids is 1. The van der Waals surface area contributed by atoms with E-state index in [2.05, 4.69) is 10.4 Å². The Morgan fingerprint density at radius 3 is 2.70 bits per heavy atom. The van der Waals surface area contributed by atoms with E-state index >= 15 is 0 Å². The van der Waals surface area contributed by atoms with Gasteiger partial charge in [0.1, 0.15) is 0 Å². The first-order valence-electron chi connectivity index (χ1n) is 6.92. The number of nitrogens with one attached hydrogen (secondary N) is 1. The number of anilines is 1. The van der Waals surface area contributed by atoms with Crippen LogP contribution in [0.25, 0.3) is 0 Å². The average Bonchev–Trinajstić information content (AvgIpc) is 2.89. The lowest BCUT2D eigenvalue weighted by molar-refractivity contribution is -0.137. The molecule has 0 atom stereocenters. The minimum atomic E-state index is -0.910. The summed E-state index contributed by atoms with van der Waals surface area (Å²) in [4.78, 5) is 22.1. The number of nitrogens with zero attached hydrogens (tertiary/aromatic N) is 2. The van der Waals surface area contributed by atoms with Crippen LogP contribution in [0.4, 0.5) is 5.69 Å². The third-order valence-electron chi connectivity index (χ3n) is 3.04. The van der Waals surface area contributed by atoms with E-state index in [-0.39, 0.29) is 18.7 Å². The third-order valence-corrected chi connectivity index (χ3v) is 3.78. The molecule has 1 amide bonds. The fraction of sp³-hybridized carbons (Fsp3) is 0.267. The molecule has 1 aromatic heterocycles. The van der Waals surface area contributed by atoms with Gasteiger partial charge in [-0.2, -0.15) is 5.10 Å². The van der Waals surface area contributed by atoms with Gasteiger partial charge in [-0.1, -0.05) is 29.3 Å². The zero-order valence-electron chi connectivity index (χ0n) is 12.1. The van der Waals surface area contributed by atoms with E-state index in [9.17, 15) is 9.59 Å². The molecule has 6 nitrogen and oxygen atoms in total. The summed E-state index contributed by atoms with van der Waals surface area (Å²) in [5.41, 5.74) is 1.49. The molecule has 0 radical (unpaired) electrons. The molecule has 0 bridgehead atoms. The van der Waals surface area contributed by atoms with Crippen molar-refractivity contribution in [3.63, 3.8) is 0 Å². The molecule has 0 saturated heterocycles. The Kier molecular flexibility index (Phi) is 6.01. The summed E-state index contributed by atoms with van der Waals surface area (Å²) < 4.78 is 1.66. The summed E-state index contributed by atoms with van der Waals surface area (Å²) in [6.45, 7) is 0.492. The van der Waals surface area contributed by atoms with Crippen LogP contribution in [0.5, 0.6) is 0 Å². The molecule has 122 valence electrons. The number of halogens is 2. The van der Waals surface area contributed by atoms with Gasteiger partial charge in [-0.05, 0) is 24.1 Å². The van der Waals surface area contributed by atoms with Crippen molar-refractivity contribution in [3.05, 3.63) is 46.2 Å². The van der Waals surface area contributed by atoms with Crippen molar-refractivity contribution < 1.29 is 14.7 Å². The highest BCUT2D eigenvalue weighted by molar-refractivity contribution is 6.42. The predicted octanol–water partition coefficient (Wildman–Crippen LogP) is 3.43. The van der Waals surface area contributed by atoms with E-state index in [1.807, 2.05) is 6.07 Å². The Morgan fingerprint density at radius 2 is 2.00 bits per heavy atom. The molecule has 2 N–H and O–H groups in total. The van der Waals surface area contributed by atoms with Crippen LogP contribution in [0.2, 0.25) is 10.0 Å². The zero-order chi connectivity index (χ0) is 16.8. The Hall–Kier alpha value is -2.05. The molecule has 0 fully saturated rings. The fourth-order valence-corrected chi connectivity index (χ4v) is 2.28. The van der Waals surface area contributed by atoms with Crippen molar-refractivity contribution in [1.29, 1.82) is 0 Å². The normalized spacial score (nSPS) is 10.5. The van der Waals surface area contributed by atoms with Gasteiger partial charge in [-0.25, -0.2) is 0 Å². The highest BCUT2D eigenvalue weighted by Gasteiger charge is 2.07. The Labute approximate surface area is 143 Å². The first kappa shape index (κ1) is 17.3. The molecule has 0 unspecified atom stereocenters. The van der Waals surface area contributed by atoms with Crippen molar-refractivity contribution >= 4 is 40.8 Å². The van der Waals surface area contributed by atoms with Gasteiger partial charge in [0, 0.05) is 19.0 Å². The molecular weight excluding hydrogens is 341 g/mol. The average molecular weight is 356 g/mol. The largest absolute Gasteiger partial charge is 0.481 e. The molecule has 0 spiro atoms. The number of benzene rings is 1. The third kappa shape index (κ3) is 5.58. The van der Waals surface area contributed by atoms with Crippen LogP contribution in [0.15, 0.2) is 30.6 Å². The number of carbonyl (C=O) groups is 2. The lowest BCUT2D eigenvalue weighted by atomic mass is 10.2. The molecule has 0 aliphatic heterocycles. The van der Waals surface area contributed by atoms with Gasteiger partial charge >= 0.3 is 5.97 Å². The molecule has 2 aromatic rings. The molecule has 0 aliphatic carbocycles. The number of carbonyl (C=O) groups excluding carboxylic acids is 1. The van der Waals surface area contributed by atoms with Gasteiger partial charge in [0.25, 0.3) is 0 Å². The smallest absolute Gasteiger partial charge is 0.303 e. The minimum Gasteiger partial charge on any atom is -0.481 e. The van der Waals surface area contributed by atoms with Gasteiger partial charge in [0.15, 0.2) is 0 Å². The minimum absolute atomic E-state index is 0.0238. The molecule has 23 heavy (non-hydrogen) atoms. The predicted molar refractivity (Wildman–Crippen MR) is 87.9 cm³/mol. The van der Waals surface area contributed by atoms with Crippen LogP contribution in [0.3, 0.4) is 0 Å². The maximum Gasteiger partial charge on any atom is 0.303 e. The second-order valence-electron chi connectivity index (χ2n) is 4.97. The van der Waals surface area contributed by atoms with E-state index < -0.39 is 5.97 Å². The van der Waals surface area contributed by atoms with Gasteiger partial charge < -0.3 is 10.4 Å². The number of amides is 1. The van der Waals surface area contributed by atoms with Gasteiger partial charge in [0.2, 0.25) is 5.91 Å². The number of hydrogen-bond donors (Lipinski definition) is 2. The summed E-state index contributed by atoms with van der Waals surface area (Å²) in [5.74, 6) is -1.15. The number of rotatable bonds is 7.